The lowest BCUT2D eigenvalue weighted by Crippen LogP contribution is -2.42. The van der Waals surface area contributed by atoms with Crippen LogP contribution < -0.4 is 0 Å². The molecule has 0 radical (unpaired) electrons. The highest BCUT2D eigenvalue weighted by Gasteiger charge is 2.43. The van der Waals surface area contributed by atoms with Crippen LogP contribution in [0.3, 0.4) is 0 Å². The van der Waals surface area contributed by atoms with Gasteiger partial charge in [-0.1, -0.05) is 0 Å². The summed E-state index contributed by atoms with van der Waals surface area (Å²) in [7, 11) is -4.64. The first-order chi connectivity index (χ1) is 10.6. The molecule has 1 heterocycles. The van der Waals surface area contributed by atoms with Crippen molar-refractivity contribution in [3.63, 3.8) is 0 Å². The summed E-state index contributed by atoms with van der Waals surface area (Å²) in [4.78, 5) is 34.5. The van der Waals surface area contributed by atoms with Crippen molar-refractivity contribution in [2.24, 2.45) is 5.92 Å². The number of rotatable bonds is 3. The van der Waals surface area contributed by atoms with Crippen molar-refractivity contribution in [1.29, 1.82) is 0 Å². The number of amides is 1. The van der Waals surface area contributed by atoms with Crippen molar-refractivity contribution < 1.29 is 50.4 Å². The Labute approximate surface area is 133 Å². The Kier molecular flexibility index (Phi) is 8.71. The molecule has 1 aliphatic rings. The number of carbonyl (C=O) groups excluding carboxylic acids is 1. The Morgan fingerprint density at radius 1 is 0.917 bits per heavy atom. The maximum atomic E-state index is 12.3. The molecule has 13 heteroatoms. The van der Waals surface area contributed by atoms with E-state index in [0.29, 0.717) is 12.8 Å². The molecule has 3 N–H and O–H groups in total. The molecular formula is C11H18F6NO5P. The van der Waals surface area contributed by atoms with E-state index in [1.807, 2.05) is 0 Å². The van der Waals surface area contributed by atoms with Crippen LogP contribution in [0.4, 0.5) is 26.3 Å². The van der Waals surface area contributed by atoms with Crippen LogP contribution in [0, 0.1) is 5.92 Å². The summed E-state index contributed by atoms with van der Waals surface area (Å²) in [6.07, 6.45) is -10.9. The molecule has 144 valence electrons. The van der Waals surface area contributed by atoms with Gasteiger partial charge in [0.05, 0.1) is 18.8 Å². The van der Waals surface area contributed by atoms with Crippen molar-refractivity contribution in [2.45, 2.75) is 44.5 Å². The van der Waals surface area contributed by atoms with Gasteiger partial charge in [-0.2, -0.15) is 26.3 Å². The summed E-state index contributed by atoms with van der Waals surface area (Å²) in [6.45, 7) is 0.482. The van der Waals surface area contributed by atoms with E-state index in [4.69, 9.17) is 19.2 Å². The van der Waals surface area contributed by atoms with E-state index in [2.05, 4.69) is 0 Å². The molecule has 0 aliphatic carbocycles. The minimum Gasteiger partial charge on any atom is -0.342 e. The van der Waals surface area contributed by atoms with E-state index >= 15 is 0 Å². The van der Waals surface area contributed by atoms with Gasteiger partial charge < -0.3 is 19.6 Å². The number of hydrogen-bond acceptors (Lipinski definition) is 2. The Hall–Kier alpha value is -0.840. The van der Waals surface area contributed by atoms with Crippen molar-refractivity contribution in [2.75, 3.05) is 13.1 Å². The van der Waals surface area contributed by atoms with Gasteiger partial charge in [0.25, 0.3) is 0 Å². The first-order valence-corrected chi connectivity index (χ1v) is 8.35. The zero-order valence-electron chi connectivity index (χ0n) is 12.3. The Morgan fingerprint density at radius 2 is 1.25 bits per heavy atom. The molecule has 24 heavy (non-hydrogen) atoms. The average molecular weight is 389 g/mol. The maximum absolute atomic E-state index is 12.3. The van der Waals surface area contributed by atoms with Crippen LogP contribution in [0.25, 0.3) is 0 Å². The summed E-state index contributed by atoms with van der Waals surface area (Å²) >= 11 is 0. The predicted molar refractivity (Wildman–Crippen MR) is 69.5 cm³/mol. The third kappa shape index (κ3) is 13.6. The third-order valence-corrected chi connectivity index (χ3v) is 2.97. The van der Waals surface area contributed by atoms with Gasteiger partial charge in [-0.3, -0.25) is 4.79 Å². The van der Waals surface area contributed by atoms with Gasteiger partial charge in [-0.15, -0.1) is 0 Å². The fourth-order valence-corrected chi connectivity index (χ4v) is 2.18. The number of alkyl halides is 6. The average Bonchev–Trinajstić information content (AvgIpc) is 2.32. The maximum Gasteiger partial charge on any atom is 0.466 e. The van der Waals surface area contributed by atoms with Gasteiger partial charge >= 0.3 is 20.2 Å². The molecule has 1 aliphatic heterocycles. The van der Waals surface area contributed by atoms with E-state index in [0.717, 1.165) is 11.3 Å². The van der Waals surface area contributed by atoms with E-state index in [-0.39, 0.29) is 13.1 Å². The van der Waals surface area contributed by atoms with Crippen LogP contribution in [0.5, 0.6) is 0 Å². The SMILES string of the molecule is O=C(C(CC(F)(F)F)CC(F)(F)F)N1CCCCC1.O=P(O)(O)O. The molecule has 0 unspecified atom stereocenters. The zero-order chi connectivity index (χ0) is 19.2. The molecule has 1 amide bonds. The standard InChI is InChI=1S/C11H15F6NO.H3O4P/c12-10(13,14)6-8(7-11(15,16)17)9(19)18-4-2-1-3-5-18;1-5(2,3)4/h8H,1-7H2;(H3,1,2,3,4). The molecule has 0 aromatic heterocycles. The molecule has 0 aromatic rings. The highest BCUT2D eigenvalue weighted by atomic mass is 31.2. The quantitative estimate of drug-likeness (QED) is 0.509. The van der Waals surface area contributed by atoms with Crippen molar-refractivity contribution in [3.8, 4) is 0 Å². The Morgan fingerprint density at radius 3 is 1.54 bits per heavy atom. The van der Waals surface area contributed by atoms with Crippen molar-refractivity contribution >= 4 is 13.7 Å². The van der Waals surface area contributed by atoms with Crippen LogP contribution in [0.1, 0.15) is 32.1 Å². The molecule has 0 aromatic carbocycles. The topological polar surface area (TPSA) is 98.1 Å². The molecule has 0 saturated carbocycles. The van der Waals surface area contributed by atoms with Crippen LogP contribution in [-0.4, -0.2) is 50.9 Å². The van der Waals surface area contributed by atoms with Crippen LogP contribution >= 0.6 is 7.82 Å². The van der Waals surface area contributed by atoms with Gasteiger partial charge in [0.1, 0.15) is 0 Å². The van der Waals surface area contributed by atoms with Gasteiger partial charge in [-0.05, 0) is 19.3 Å². The van der Waals surface area contributed by atoms with E-state index in [9.17, 15) is 31.1 Å². The lowest BCUT2D eigenvalue weighted by molar-refractivity contribution is -0.183. The van der Waals surface area contributed by atoms with E-state index in [1.165, 1.54) is 0 Å². The summed E-state index contributed by atoms with van der Waals surface area (Å²) in [6, 6.07) is 0. The van der Waals surface area contributed by atoms with Crippen molar-refractivity contribution in [3.05, 3.63) is 0 Å². The second-order valence-corrected chi connectivity index (χ2v) is 6.26. The molecule has 0 atom stereocenters. The minimum absolute atomic E-state index is 0.241. The zero-order valence-corrected chi connectivity index (χ0v) is 13.2. The number of hydrogen-bond donors (Lipinski definition) is 3. The van der Waals surface area contributed by atoms with Crippen molar-refractivity contribution in [1.82, 2.24) is 4.90 Å². The minimum atomic E-state index is -4.78. The summed E-state index contributed by atoms with van der Waals surface area (Å²) < 4.78 is 82.5. The number of halogens is 6. The molecule has 1 rings (SSSR count). The van der Waals surface area contributed by atoms with Gasteiger partial charge in [0.2, 0.25) is 5.91 Å². The number of likely N-dealkylation sites (tertiary alicyclic amines) is 1. The van der Waals surface area contributed by atoms with Gasteiger partial charge in [-0.25, -0.2) is 4.57 Å². The largest absolute Gasteiger partial charge is 0.466 e. The number of nitrogens with zero attached hydrogens (tertiary/aromatic N) is 1. The number of carbonyl (C=O) groups is 1. The van der Waals surface area contributed by atoms with Crippen LogP contribution in [-0.2, 0) is 9.36 Å². The second kappa shape index (κ2) is 9.02. The van der Waals surface area contributed by atoms with Crippen LogP contribution in [0.15, 0.2) is 0 Å². The summed E-state index contributed by atoms with van der Waals surface area (Å²) in [5.74, 6) is -3.09. The Bertz CT molecular complexity index is 419. The third-order valence-electron chi connectivity index (χ3n) is 2.97. The Balaban J connectivity index is 0.000000922. The first-order valence-electron chi connectivity index (χ1n) is 6.79. The lowest BCUT2D eigenvalue weighted by Gasteiger charge is -2.31. The van der Waals surface area contributed by atoms with E-state index < -0.39 is 44.8 Å². The molecule has 0 bridgehead atoms. The fourth-order valence-electron chi connectivity index (χ4n) is 2.18. The number of piperidine rings is 1. The monoisotopic (exact) mass is 389 g/mol. The molecular weight excluding hydrogens is 371 g/mol. The highest BCUT2D eigenvalue weighted by molar-refractivity contribution is 7.45. The summed E-state index contributed by atoms with van der Waals surface area (Å²) in [5.41, 5.74) is 0. The molecule has 0 spiro atoms. The van der Waals surface area contributed by atoms with Gasteiger partial charge in [0, 0.05) is 13.1 Å². The normalized spacial score (nSPS) is 16.7. The smallest absolute Gasteiger partial charge is 0.342 e. The van der Waals surface area contributed by atoms with Gasteiger partial charge in [0.15, 0.2) is 0 Å². The number of phosphoric acid groups is 1. The van der Waals surface area contributed by atoms with Crippen LogP contribution in [0.2, 0.25) is 0 Å². The predicted octanol–water partition coefficient (Wildman–Crippen LogP) is 2.59. The van der Waals surface area contributed by atoms with E-state index in [1.54, 1.807) is 0 Å². The lowest BCUT2D eigenvalue weighted by atomic mass is 9.97. The molecule has 1 saturated heterocycles. The molecule has 1 fully saturated rings. The second-order valence-electron chi connectivity index (χ2n) is 5.23. The fraction of sp³-hybridized carbons (Fsp3) is 0.909. The summed E-state index contributed by atoms with van der Waals surface area (Å²) in [5, 5.41) is 0. The highest BCUT2D eigenvalue weighted by Crippen LogP contribution is 2.34. The molecule has 6 nitrogen and oxygen atoms in total. The first kappa shape index (κ1) is 23.2.